The SMILES string of the molecule is N#Cc1ccc(NC(COCc2ccccc2)c2ccccc2)nc1. The molecule has 0 fully saturated rings. The number of hydrogen-bond donors (Lipinski definition) is 1. The molecule has 3 rings (SSSR count). The third-order valence-electron chi connectivity index (χ3n) is 3.81. The summed E-state index contributed by atoms with van der Waals surface area (Å²) in [4.78, 5) is 4.29. The Morgan fingerprint density at radius 2 is 1.68 bits per heavy atom. The number of benzene rings is 2. The molecule has 0 saturated heterocycles. The van der Waals surface area contributed by atoms with E-state index in [1.54, 1.807) is 12.3 Å². The number of rotatable bonds is 7. The minimum absolute atomic E-state index is 0.0228. The highest BCUT2D eigenvalue weighted by molar-refractivity contribution is 5.41. The molecule has 1 atom stereocenters. The molecule has 1 aromatic heterocycles. The first kappa shape index (κ1) is 16.7. The van der Waals surface area contributed by atoms with Gasteiger partial charge in [-0.15, -0.1) is 0 Å². The van der Waals surface area contributed by atoms with Crippen molar-refractivity contribution in [3.63, 3.8) is 0 Å². The molecule has 0 spiro atoms. The summed E-state index contributed by atoms with van der Waals surface area (Å²) in [5.74, 6) is 0.719. The van der Waals surface area contributed by atoms with Gasteiger partial charge in [0.05, 0.1) is 24.8 Å². The average Bonchev–Trinajstić information content (AvgIpc) is 2.69. The summed E-state index contributed by atoms with van der Waals surface area (Å²) in [6.45, 7) is 1.08. The summed E-state index contributed by atoms with van der Waals surface area (Å²) >= 11 is 0. The Balaban J connectivity index is 1.68. The van der Waals surface area contributed by atoms with Crippen molar-refractivity contribution in [3.8, 4) is 6.07 Å². The first-order chi connectivity index (χ1) is 12.3. The van der Waals surface area contributed by atoms with Crippen LogP contribution in [0.3, 0.4) is 0 Å². The Morgan fingerprint density at radius 1 is 0.960 bits per heavy atom. The van der Waals surface area contributed by atoms with E-state index in [0.29, 0.717) is 18.8 Å². The van der Waals surface area contributed by atoms with E-state index in [2.05, 4.69) is 28.5 Å². The van der Waals surface area contributed by atoms with E-state index in [4.69, 9.17) is 10.00 Å². The van der Waals surface area contributed by atoms with Crippen molar-refractivity contribution < 1.29 is 4.74 Å². The molecule has 124 valence electrons. The summed E-state index contributed by atoms with van der Waals surface area (Å²) in [5.41, 5.74) is 2.81. The largest absolute Gasteiger partial charge is 0.374 e. The van der Waals surface area contributed by atoms with Crippen LogP contribution >= 0.6 is 0 Å². The van der Waals surface area contributed by atoms with Gasteiger partial charge in [-0.05, 0) is 23.3 Å². The van der Waals surface area contributed by atoms with Gasteiger partial charge in [0.1, 0.15) is 11.9 Å². The van der Waals surface area contributed by atoms with Crippen LogP contribution in [0.4, 0.5) is 5.82 Å². The van der Waals surface area contributed by atoms with Crippen molar-refractivity contribution in [2.45, 2.75) is 12.6 Å². The third-order valence-corrected chi connectivity index (χ3v) is 3.81. The predicted octanol–water partition coefficient (Wildman–Crippen LogP) is 4.32. The molecule has 2 aromatic carbocycles. The van der Waals surface area contributed by atoms with Crippen molar-refractivity contribution in [3.05, 3.63) is 95.7 Å². The Labute approximate surface area is 147 Å². The molecule has 0 aliphatic heterocycles. The number of nitrogens with one attached hydrogen (secondary N) is 1. The minimum atomic E-state index is -0.0228. The van der Waals surface area contributed by atoms with Crippen LogP contribution in [0.5, 0.6) is 0 Å². The summed E-state index contributed by atoms with van der Waals surface area (Å²) in [5, 5.41) is 12.3. The lowest BCUT2D eigenvalue weighted by molar-refractivity contribution is 0.112. The van der Waals surface area contributed by atoms with E-state index in [1.807, 2.05) is 54.6 Å². The average molecular weight is 329 g/mol. The predicted molar refractivity (Wildman–Crippen MR) is 97.9 cm³/mol. The van der Waals surface area contributed by atoms with E-state index in [-0.39, 0.29) is 6.04 Å². The van der Waals surface area contributed by atoms with Crippen LogP contribution in [0.15, 0.2) is 79.0 Å². The van der Waals surface area contributed by atoms with Gasteiger partial charge in [-0.25, -0.2) is 4.98 Å². The van der Waals surface area contributed by atoms with E-state index < -0.39 is 0 Å². The van der Waals surface area contributed by atoms with Crippen LogP contribution in [0.25, 0.3) is 0 Å². The number of hydrogen-bond acceptors (Lipinski definition) is 4. The van der Waals surface area contributed by atoms with Crippen molar-refractivity contribution in [2.75, 3.05) is 11.9 Å². The van der Waals surface area contributed by atoms with Crippen LogP contribution in [0.1, 0.15) is 22.7 Å². The summed E-state index contributed by atoms with van der Waals surface area (Å²) in [7, 11) is 0. The first-order valence-corrected chi connectivity index (χ1v) is 8.14. The fourth-order valence-corrected chi connectivity index (χ4v) is 2.50. The molecule has 4 heteroatoms. The monoisotopic (exact) mass is 329 g/mol. The molecule has 3 aromatic rings. The lowest BCUT2D eigenvalue weighted by Gasteiger charge is -2.20. The standard InChI is InChI=1S/C21H19N3O/c22-13-18-11-12-21(23-14-18)24-20(19-9-5-2-6-10-19)16-25-15-17-7-3-1-4-8-17/h1-12,14,20H,15-16H2,(H,23,24). The van der Waals surface area contributed by atoms with Gasteiger partial charge >= 0.3 is 0 Å². The van der Waals surface area contributed by atoms with Crippen LogP contribution in [-0.2, 0) is 11.3 Å². The second kappa shape index (κ2) is 8.62. The van der Waals surface area contributed by atoms with Crippen LogP contribution in [0, 0.1) is 11.3 Å². The summed E-state index contributed by atoms with van der Waals surface area (Å²) in [6.07, 6.45) is 1.56. The molecule has 1 N–H and O–H groups in total. The van der Waals surface area contributed by atoms with E-state index in [9.17, 15) is 0 Å². The normalized spacial score (nSPS) is 11.5. The van der Waals surface area contributed by atoms with Gasteiger partial charge < -0.3 is 10.1 Å². The summed E-state index contributed by atoms with van der Waals surface area (Å²) in [6, 6.07) is 25.9. The molecular weight excluding hydrogens is 310 g/mol. The number of aromatic nitrogens is 1. The maximum Gasteiger partial charge on any atom is 0.126 e. The fraction of sp³-hybridized carbons (Fsp3) is 0.143. The quantitative estimate of drug-likeness (QED) is 0.701. The molecule has 0 saturated carbocycles. The minimum Gasteiger partial charge on any atom is -0.374 e. The number of pyridine rings is 1. The summed E-state index contributed by atoms with van der Waals surface area (Å²) < 4.78 is 5.91. The van der Waals surface area contributed by atoms with E-state index in [1.165, 1.54) is 0 Å². The molecule has 0 amide bonds. The highest BCUT2D eigenvalue weighted by atomic mass is 16.5. The van der Waals surface area contributed by atoms with E-state index in [0.717, 1.165) is 16.9 Å². The van der Waals surface area contributed by atoms with Crippen LogP contribution in [-0.4, -0.2) is 11.6 Å². The van der Waals surface area contributed by atoms with Gasteiger partial charge in [0.2, 0.25) is 0 Å². The third kappa shape index (κ3) is 4.90. The van der Waals surface area contributed by atoms with Gasteiger partial charge in [0.25, 0.3) is 0 Å². The number of anilines is 1. The molecule has 25 heavy (non-hydrogen) atoms. The maximum atomic E-state index is 8.88. The number of nitriles is 1. The molecule has 1 unspecified atom stereocenters. The smallest absolute Gasteiger partial charge is 0.126 e. The number of nitrogens with zero attached hydrogens (tertiary/aromatic N) is 2. The topological polar surface area (TPSA) is 57.9 Å². The van der Waals surface area contributed by atoms with Crippen LogP contribution < -0.4 is 5.32 Å². The Kier molecular flexibility index (Phi) is 5.76. The zero-order valence-electron chi connectivity index (χ0n) is 13.8. The Hall–Kier alpha value is -3.16. The first-order valence-electron chi connectivity index (χ1n) is 8.14. The fourth-order valence-electron chi connectivity index (χ4n) is 2.50. The lowest BCUT2D eigenvalue weighted by Crippen LogP contribution is -2.17. The molecular formula is C21H19N3O. The van der Waals surface area contributed by atoms with Gasteiger partial charge in [-0.2, -0.15) is 5.26 Å². The van der Waals surface area contributed by atoms with Crippen LogP contribution in [0.2, 0.25) is 0 Å². The van der Waals surface area contributed by atoms with Gasteiger partial charge in [0, 0.05) is 6.20 Å². The highest BCUT2D eigenvalue weighted by Gasteiger charge is 2.12. The zero-order chi connectivity index (χ0) is 17.3. The molecule has 4 nitrogen and oxygen atoms in total. The lowest BCUT2D eigenvalue weighted by atomic mass is 10.1. The molecule has 0 bridgehead atoms. The zero-order valence-corrected chi connectivity index (χ0v) is 13.8. The van der Waals surface area contributed by atoms with Crippen molar-refractivity contribution in [1.29, 1.82) is 5.26 Å². The van der Waals surface area contributed by atoms with Gasteiger partial charge in [-0.1, -0.05) is 60.7 Å². The Bertz CT molecular complexity index is 811. The Morgan fingerprint density at radius 3 is 2.32 bits per heavy atom. The van der Waals surface area contributed by atoms with Crippen molar-refractivity contribution >= 4 is 5.82 Å². The highest BCUT2D eigenvalue weighted by Crippen LogP contribution is 2.19. The molecule has 0 aliphatic rings. The van der Waals surface area contributed by atoms with Crippen molar-refractivity contribution in [2.24, 2.45) is 0 Å². The number of ether oxygens (including phenoxy) is 1. The van der Waals surface area contributed by atoms with Crippen molar-refractivity contribution in [1.82, 2.24) is 4.98 Å². The maximum absolute atomic E-state index is 8.88. The second-order valence-corrected chi connectivity index (χ2v) is 5.65. The molecule has 0 radical (unpaired) electrons. The molecule has 0 aliphatic carbocycles. The molecule has 1 heterocycles. The second-order valence-electron chi connectivity index (χ2n) is 5.65. The van der Waals surface area contributed by atoms with Gasteiger partial charge in [-0.3, -0.25) is 0 Å². The van der Waals surface area contributed by atoms with E-state index >= 15 is 0 Å². The van der Waals surface area contributed by atoms with Gasteiger partial charge in [0.15, 0.2) is 0 Å².